The number of fused-ring (bicyclic) bond motifs is 1. The zero-order valence-corrected chi connectivity index (χ0v) is 9.78. The van der Waals surface area contributed by atoms with E-state index in [2.05, 4.69) is 15.3 Å². The van der Waals surface area contributed by atoms with Gasteiger partial charge in [0.25, 0.3) is 5.91 Å². The van der Waals surface area contributed by atoms with E-state index in [1.165, 1.54) is 11.3 Å². The number of azide groups is 1. The van der Waals surface area contributed by atoms with Gasteiger partial charge in [-0.05, 0) is 23.1 Å². The van der Waals surface area contributed by atoms with Crippen LogP contribution in [0.15, 0.2) is 35.4 Å². The Morgan fingerprint density at radius 2 is 2.29 bits per heavy atom. The summed E-state index contributed by atoms with van der Waals surface area (Å²) >= 11 is 1.45. The first-order chi connectivity index (χ1) is 8.31. The lowest BCUT2D eigenvalue weighted by Crippen LogP contribution is -2.24. The highest BCUT2D eigenvalue weighted by Gasteiger charge is 2.08. The molecule has 0 spiro atoms. The van der Waals surface area contributed by atoms with Crippen LogP contribution in [-0.2, 0) is 0 Å². The maximum Gasteiger partial charge on any atom is 0.261 e. The van der Waals surface area contributed by atoms with Crippen molar-refractivity contribution in [2.24, 2.45) is 5.11 Å². The first-order valence-electron chi connectivity index (χ1n) is 5.09. The van der Waals surface area contributed by atoms with E-state index < -0.39 is 0 Å². The number of benzene rings is 1. The van der Waals surface area contributed by atoms with Crippen LogP contribution in [0.3, 0.4) is 0 Å². The number of hydrogen-bond acceptors (Lipinski definition) is 3. The van der Waals surface area contributed by atoms with Crippen LogP contribution in [0.1, 0.15) is 9.67 Å². The Kier molecular flexibility index (Phi) is 3.59. The molecule has 0 atom stereocenters. The fraction of sp³-hybridized carbons (Fsp3) is 0.182. The Hall–Kier alpha value is -2.04. The quantitative estimate of drug-likeness (QED) is 0.383. The van der Waals surface area contributed by atoms with E-state index in [9.17, 15) is 4.79 Å². The molecule has 0 aliphatic carbocycles. The van der Waals surface area contributed by atoms with Gasteiger partial charge < -0.3 is 5.32 Å². The summed E-state index contributed by atoms with van der Waals surface area (Å²) in [6.07, 6.45) is 0. The van der Waals surface area contributed by atoms with Crippen LogP contribution < -0.4 is 5.32 Å². The van der Waals surface area contributed by atoms with Gasteiger partial charge in [0, 0.05) is 22.7 Å². The molecule has 0 radical (unpaired) electrons. The monoisotopic (exact) mass is 246 g/mol. The maximum atomic E-state index is 11.7. The molecule has 5 nitrogen and oxygen atoms in total. The fourth-order valence-electron chi connectivity index (χ4n) is 1.45. The van der Waals surface area contributed by atoms with Crippen molar-refractivity contribution >= 4 is 27.3 Å². The number of thiophene rings is 1. The summed E-state index contributed by atoms with van der Waals surface area (Å²) in [7, 11) is 0. The number of nitrogens with zero attached hydrogens (tertiary/aromatic N) is 3. The van der Waals surface area contributed by atoms with Crippen molar-refractivity contribution < 1.29 is 4.79 Å². The van der Waals surface area contributed by atoms with Crippen LogP contribution in [0.25, 0.3) is 20.5 Å². The molecule has 86 valence electrons. The summed E-state index contributed by atoms with van der Waals surface area (Å²) < 4.78 is 1.09. The molecule has 2 aromatic rings. The van der Waals surface area contributed by atoms with Crippen LogP contribution >= 0.6 is 11.3 Å². The van der Waals surface area contributed by atoms with Gasteiger partial charge in [-0.1, -0.05) is 23.3 Å². The molecule has 1 aromatic heterocycles. The summed E-state index contributed by atoms with van der Waals surface area (Å²) in [6.45, 7) is 0.629. The van der Waals surface area contributed by atoms with Gasteiger partial charge in [-0.2, -0.15) is 0 Å². The molecule has 0 bridgehead atoms. The Labute approximate surface area is 102 Å². The summed E-state index contributed by atoms with van der Waals surface area (Å²) in [6, 6.07) is 9.71. The Morgan fingerprint density at radius 3 is 3.06 bits per heavy atom. The third kappa shape index (κ3) is 2.75. The fourth-order valence-corrected chi connectivity index (χ4v) is 2.42. The van der Waals surface area contributed by atoms with Crippen molar-refractivity contribution in [3.8, 4) is 0 Å². The highest BCUT2D eigenvalue weighted by atomic mass is 32.1. The summed E-state index contributed by atoms with van der Waals surface area (Å²) in [5, 5.41) is 7.12. The predicted molar refractivity (Wildman–Crippen MR) is 68.2 cm³/mol. The Balaban J connectivity index is 2.06. The number of hydrogen-bond donors (Lipinski definition) is 1. The molecular weight excluding hydrogens is 236 g/mol. The van der Waals surface area contributed by atoms with Crippen molar-refractivity contribution in [3.63, 3.8) is 0 Å². The number of amides is 1. The summed E-state index contributed by atoms with van der Waals surface area (Å²) in [4.78, 5) is 15.0. The smallest absolute Gasteiger partial charge is 0.261 e. The second-order valence-electron chi connectivity index (χ2n) is 3.36. The molecule has 0 saturated carbocycles. The van der Waals surface area contributed by atoms with Gasteiger partial charge in [-0.25, -0.2) is 0 Å². The standard InChI is InChI=1S/C11H10N4OS/c12-15-14-6-5-13-11(16)10-7-8-3-1-2-4-9(8)17-10/h1-4,7H,5-6H2,(H,13,16). The Morgan fingerprint density at radius 1 is 1.47 bits per heavy atom. The van der Waals surface area contributed by atoms with Crippen molar-refractivity contribution in [2.75, 3.05) is 13.1 Å². The molecule has 0 fully saturated rings. The molecule has 0 aliphatic rings. The van der Waals surface area contributed by atoms with Crippen LogP contribution in [0, 0.1) is 0 Å². The SMILES string of the molecule is [N-]=[N+]=NCCNC(=O)c1cc2ccccc2s1. The van der Waals surface area contributed by atoms with Gasteiger partial charge in [0.15, 0.2) is 0 Å². The number of carbonyl (C=O) groups is 1. The molecule has 1 amide bonds. The second kappa shape index (κ2) is 5.34. The average molecular weight is 246 g/mol. The third-order valence-corrected chi connectivity index (χ3v) is 3.32. The lowest BCUT2D eigenvalue weighted by molar-refractivity contribution is 0.0959. The number of carbonyl (C=O) groups excluding carboxylic acids is 1. The van der Waals surface area contributed by atoms with E-state index in [1.807, 2.05) is 30.3 Å². The van der Waals surface area contributed by atoms with Gasteiger partial charge in [-0.15, -0.1) is 11.3 Å². The maximum absolute atomic E-state index is 11.7. The second-order valence-corrected chi connectivity index (χ2v) is 4.44. The van der Waals surface area contributed by atoms with Gasteiger partial charge >= 0.3 is 0 Å². The molecule has 6 heteroatoms. The third-order valence-electron chi connectivity index (χ3n) is 2.21. The van der Waals surface area contributed by atoms with E-state index in [-0.39, 0.29) is 12.5 Å². The van der Waals surface area contributed by atoms with E-state index in [0.29, 0.717) is 11.4 Å². The molecule has 2 rings (SSSR count). The largest absolute Gasteiger partial charge is 0.351 e. The van der Waals surface area contributed by atoms with E-state index in [4.69, 9.17) is 5.53 Å². The topological polar surface area (TPSA) is 77.9 Å². The van der Waals surface area contributed by atoms with Crippen molar-refractivity contribution in [2.45, 2.75) is 0 Å². The van der Waals surface area contributed by atoms with E-state index in [1.54, 1.807) is 0 Å². The summed E-state index contributed by atoms with van der Waals surface area (Å²) in [5.41, 5.74) is 8.09. The van der Waals surface area contributed by atoms with Crippen LogP contribution in [-0.4, -0.2) is 19.0 Å². The van der Waals surface area contributed by atoms with Gasteiger partial charge in [0.05, 0.1) is 4.88 Å². The minimum absolute atomic E-state index is 0.126. The van der Waals surface area contributed by atoms with Crippen molar-refractivity contribution in [3.05, 3.63) is 45.7 Å². The number of rotatable bonds is 4. The normalized spacial score (nSPS) is 9.88. The molecule has 1 aromatic carbocycles. The van der Waals surface area contributed by atoms with Gasteiger partial charge in [0.2, 0.25) is 0 Å². The van der Waals surface area contributed by atoms with E-state index in [0.717, 1.165) is 10.1 Å². The lowest BCUT2D eigenvalue weighted by Gasteiger charge is -1.98. The minimum atomic E-state index is -0.126. The molecular formula is C11H10N4OS. The van der Waals surface area contributed by atoms with Gasteiger partial charge in [-0.3, -0.25) is 4.79 Å². The van der Waals surface area contributed by atoms with Crippen molar-refractivity contribution in [1.29, 1.82) is 0 Å². The van der Waals surface area contributed by atoms with Crippen LogP contribution in [0.2, 0.25) is 0 Å². The van der Waals surface area contributed by atoms with Crippen LogP contribution in [0.4, 0.5) is 0 Å². The van der Waals surface area contributed by atoms with E-state index >= 15 is 0 Å². The predicted octanol–water partition coefficient (Wildman–Crippen LogP) is 2.94. The zero-order chi connectivity index (χ0) is 12.1. The molecule has 1 heterocycles. The molecule has 17 heavy (non-hydrogen) atoms. The molecule has 0 aliphatic heterocycles. The molecule has 0 saturated heterocycles. The Bertz CT molecular complexity index is 553. The highest BCUT2D eigenvalue weighted by molar-refractivity contribution is 7.20. The van der Waals surface area contributed by atoms with Gasteiger partial charge in [0.1, 0.15) is 0 Å². The average Bonchev–Trinajstić information content (AvgIpc) is 2.78. The minimum Gasteiger partial charge on any atom is -0.351 e. The first-order valence-corrected chi connectivity index (χ1v) is 5.90. The van der Waals surface area contributed by atoms with Crippen molar-refractivity contribution in [1.82, 2.24) is 5.32 Å². The first kappa shape index (κ1) is 11.4. The summed E-state index contributed by atoms with van der Waals surface area (Å²) in [5.74, 6) is -0.126. The molecule has 0 unspecified atom stereocenters. The molecule has 1 N–H and O–H groups in total. The van der Waals surface area contributed by atoms with Crippen LogP contribution in [0.5, 0.6) is 0 Å². The zero-order valence-electron chi connectivity index (χ0n) is 8.96. The highest BCUT2D eigenvalue weighted by Crippen LogP contribution is 2.24. The lowest BCUT2D eigenvalue weighted by atomic mass is 10.2. The number of nitrogens with one attached hydrogen (secondary N) is 1.